The first-order valence-electron chi connectivity index (χ1n) is 8.89. The van der Waals surface area contributed by atoms with E-state index in [2.05, 4.69) is 39.5 Å². The lowest BCUT2D eigenvalue weighted by atomic mass is 10.1. The highest BCUT2D eigenvalue weighted by Gasteiger charge is 2.23. The summed E-state index contributed by atoms with van der Waals surface area (Å²) in [5, 5.41) is 6.00. The number of nitrogens with zero attached hydrogens (tertiary/aromatic N) is 2. The summed E-state index contributed by atoms with van der Waals surface area (Å²) in [6, 6.07) is 8.96. The fourth-order valence-corrected chi connectivity index (χ4v) is 3.83. The minimum atomic E-state index is 0.0837. The minimum absolute atomic E-state index is 0.0837. The maximum absolute atomic E-state index is 11.9. The molecule has 2 heterocycles. The van der Waals surface area contributed by atoms with Crippen LogP contribution in [0.15, 0.2) is 29.6 Å². The van der Waals surface area contributed by atoms with Gasteiger partial charge in [0.1, 0.15) is 5.01 Å². The Balaban J connectivity index is 1.40. The second kappa shape index (κ2) is 7.64. The second-order valence-electron chi connectivity index (χ2n) is 6.75. The van der Waals surface area contributed by atoms with Crippen molar-refractivity contribution in [3.8, 4) is 10.6 Å². The maximum Gasteiger partial charge on any atom is 0.226 e. The van der Waals surface area contributed by atoms with Crippen molar-refractivity contribution in [2.75, 3.05) is 26.3 Å². The molecule has 2 fully saturated rings. The third-order valence-corrected chi connectivity index (χ3v) is 5.46. The molecule has 1 aromatic heterocycles. The molecule has 0 bridgehead atoms. The molecule has 25 heavy (non-hydrogen) atoms. The van der Waals surface area contributed by atoms with E-state index in [1.165, 1.54) is 5.56 Å². The average Bonchev–Trinajstić information content (AvgIpc) is 3.31. The van der Waals surface area contributed by atoms with E-state index in [0.29, 0.717) is 12.5 Å². The first kappa shape index (κ1) is 16.7. The topological polar surface area (TPSA) is 54.5 Å². The standard InChI is InChI=1S/C19H23N3O2S/c23-18(20-16-4-5-16)11-17-13-25-19(21-17)15-3-1-2-14(10-15)12-22-6-8-24-9-7-22/h1-3,10,13,16H,4-9,11-12H2,(H,20,23). The number of morpholine rings is 1. The summed E-state index contributed by atoms with van der Waals surface area (Å²) < 4.78 is 5.41. The minimum Gasteiger partial charge on any atom is -0.379 e. The van der Waals surface area contributed by atoms with Crippen molar-refractivity contribution in [2.45, 2.75) is 31.8 Å². The van der Waals surface area contributed by atoms with Gasteiger partial charge in [-0.05, 0) is 24.5 Å². The Kier molecular flexibility index (Phi) is 5.10. The number of aromatic nitrogens is 1. The first-order chi connectivity index (χ1) is 12.3. The second-order valence-corrected chi connectivity index (χ2v) is 7.61. The van der Waals surface area contributed by atoms with Gasteiger partial charge in [0.05, 0.1) is 25.3 Å². The Morgan fingerprint density at radius 1 is 1.32 bits per heavy atom. The molecule has 4 rings (SSSR count). The van der Waals surface area contributed by atoms with E-state index in [-0.39, 0.29) is 5.91 Å². The van der Waals surface area contributed by atoms with Crippen LogP contribution in [0.4, 0.5) is 0 Å². The summed E-state index contributed by atoms with van der Waals surface area (Å²) in [5.74, 6) is 0.0837. The van der Waals surface area contributed by atoms with Gasteiger partial charge in [0.15, 0.2) is 0 Å². The number of hydrogen-bond acceptors (Lipinski definition) is 5. The predicted molar refractivity (Wildman–Crippen MR) is 98.5 cm³/mol. The number of hydrogen-bond donors (Lipinski definition) is 1. The van der Waals surface area contributed by atoms with Gasteiger partial charge in [-0.2, -0.15) is 0 Å². The monoisotopic (exact) mass is 357 g/mol. The molecule has 2 aliphatic rings. The number of carbonyl (C=O) groups is 1. The van der Waals surface area contributed by atoms with E-state index < -0.39 is 0 Å². The Morgan fingerprint density at radius 3 is 2.96 bits per heavy atom. The first-order valence-corrected chi connectivity index (χ1v) is 9.77. The SMILES string of the molecule is O=C(Cc1csc(-c2cccc(CN3CCOCC3)c2)n1)NC1CC1. The highest BCUT2D eigenvalue weighted by molar-refractivity contribution is 7.13. The zero-order valence-electron chi connectivity index (χ0n) is 14.2. The molecular formula is C19H23N3O2S. The molecule has 0 unspecified atom stereocenters. The van der Waals surface area contributed by atoms with Crippen LogP contribution in [0.2, 0.25) is 0 Å². The zero-order chi connectivity index (χ0) is 17.1. The van der Waals surface area contributed by atoms with Crippen molar-refractivity contribution in [1.29, 1.82) is 0 Å². The smallest absolute Gasteiger partial charge is 0.226 e. The lowest BCUT2D eigenvalue weighted by Gasteiger charge is -2.26. The average molecular weight is 357 g/mol. The van der Waals surface area contributed by atoms with Crippen LogP contribution in [-0.2, 0) is 22.5 Å². The van der Waals surface area contributed by atoms with Crippen molar-refractivity contribution in [1.82, 2.24) is 15.2 Å². The summed E-state index contributed by atoms with van der Waals surface area (Å²) in [7, 11) is 0. The molecule has 5 nitrogen and oxygen atoms in total. The summed E-state index contributed by atoms with van der Waals surface area (Å²) in [4.78, 5) is 19.0. The molecule has 2 aromatic rings. The molecule has 1 saturated heterocycles. The molecule has 132 valence electrons. The van der Waals surface area contributed by atoms with Gasteiger partial charge in [0, 0.05) is 36.6 Å². The Morgan fingerprint density at radius 2 is 2.16 bits per heavy atom. The van der Waals surface area contributed by atoms with Crippen LogP contribution in [0.1, 0.15) is 24.1 Å². The van der Waals surface area contributed by atoms with Gasteiger partial charge in [-0.1, -0.05) is 18.2 Å². The molecule has 1 N–H and O–H groups in total. The van der Waals surface area contributed by atoms with Crippen LogP contribution in [0.3, 0.4) is 0 Å². The number of ether oxygens (including phenoxy) is 1. The highest BCUT2D eigenvalue weighted by atomic mass is 32.1. The van der Waals surface area contributed by atoms with Crippen LogP contribution in [-0.4, -0.2) is 48.1 Å². The van der Waals surface area contributed by atoms with E-state index in [1.807, 2.05) is 5.38 Å². The van der Waals surface area contributed by atoms with Crippen molar-refractivity contribution in [3.63, 3.8) is 0 Å². The van der Waals surface area contributed by atoms with Gasteiger partial charge < -0.3 is 10.1 Å². The third-order valence-electron chi connectivity index (χ3n) is 4.52. The number of nitrogens with one attached hydrogen (secondary N) is 1. The number of rotatable bonds is 6. The number of thiazole rings is 1. The molecule has 1 aromatic carbocycles. The molecular weight excluding hydrogens is 334 g/mol. The molecule has 0 atom stereocenters. The summed E-state index contributed by atoms with van der Waals surface area (Å²) in [6.07, 6.45) is 2.61. The molecule has 1 aliphatic heterocycles. The normalized spacial score (nSPS) is 18.2. The van der Waals surface area contributed by atoms with E-state index in [0.717, 1.165) is 62.0 Å². The van der Waals surface area contributed by atoms with Crippen molar-refractivity contribution >= 4 is 17.2 Å². The summed E-state index contributed by atoms with van der Waals surface area (Å²) in [5.41, 5.74) is 3.28. The van der Waals surface area contributed by atoms with Gasteiger partial charge in [0.2, 0.25) is 5.91 Å². The van der Waals surface area contributed by atoms with Crippen molar-refractivity contribution in [2.24, 2.45) is 0 Å². The van der Waals surface area contributed by atoms with Crippen molar-refractivity contribution < 1.29 is 9.53 Å². The third kappa shape index (κ3) is 4.66. The van der Waals surface area contributed by atoms with E-state index >= 15 is 0 Å². The van der Waals surface area contributed by atoms with E-state index in [1.54, 1.807) is 11.3 Å². The number of amides is 1. The molecule has 1 saturated carbocycles. The highest BCUT2D eigenvalue weighted by Crippen LogP contribution is 2.25. The van der Waals surface area contributed by atoms with Gasteiger partial charge in [-0.3, -0.25) is 9.69 Å². The van der Waals surface area contributed by atoms with Gasteiger partial charge >= 0.3 is 0 Å². The van der Waals surface area contributed by atoms with Crippen LogP contribution < -0.4 is 5.32 Å². The lowest BCUT2D eigenvalue weighted by Crippen LogP contribution is -2.35. The van der Waals surface area contributed by atoms with Crippen molar-refractivity contribution in [3.05, 3.63) is 40.9 Å². The molecule has 1 aliphatic carbocycles. The Labute approximate surface area is 152 Å². The van der Waals surface area contributed by atoms with Crippen LogP contribution in [0, 0.1) is 0 Å². The van der Waals surface area contributed by atoms with E-state index in [9.17, 15) is 4.79 Å². The quantitative estimate of drug-likeness (QED) is 0.863. The van der Waals surface area contributed by atoms with Crippen LogP contribution in [0.5, 0.6) is 0 Å². The fourth-order valence-electron chi connectivity index (χ4n) is 3.01. The summed E-state index contributed by atoms with van der Waals surface area (Å²) in [6.45, 7) is 4.56. The van der Waals surface area contributed by atoms with Gasteiger partial charge in [0.25, 0.3) is 0 Å². The number of benzene rings is 1. The molecule has 0 spiro atoms. The largest absolute Gasteiger partial charge is 0.379 e. The Hall–Kier alpha value is -1.76. The number of carbonyl (C=O) groups excluding carboxylic acids is 1. The fraction of sp³-hybridized carbons (Fsp3) is 0.474. The summed E-state index contributed by atoms with van der Waals surface area (Å²) >= 11 is 1.61. The molecule has 6 heteroatoms. The lowest BCUT2D eigenvalue weighted by molar-refractivity contribution is -0.120. The predicted octanol–water partition coefficient (Wildman–Crippen LogP) is 2.46. The van der Waals surface area contributed by atoms with Gasteiger partial charge in [-0.15, -0.1) is 11.3 Å². The Bertz CT molecular complexity index is 736. The molecule has 0 radical (unpaired) electrons. The van der Waals surface area contributed by atoms with Crippen LogP contribution in [0.25, 0.3) is 10.6 Å². The van der Waals surface area contributed by atoms with E-state index in [4.69, 9.17) is 4.74 Å². The van der Waals surface area contributed by atoms with Gasteiger partial charge in [-0.25, -0.2) is 4.98 Å². The zero-order valence-corrected chi connectivity index (χ0v) is 15.1. The maximum atomic E-state index is 11.9. The molecule has 1 amide bonds. The van der Waals surface area contributed by atoms with Crippen LogP contribution >= 0.6 is 11.3 Å².